The van der Waals surface area contributed by atoms with Crippen LogP contribution in [-0.4, -0.2) is 118 Å². The Kier molecular flexibility index (Phi) is 13.7. The molecule has 0 N–H and O–H groups in total. The first-order chi connectivity index (χ1) is 28.2. The molecule has 5 aromatic rings. The van der Waals surface area contributed by atoms with Crippen LogP contribution in [0.2, 0.25) is 20.1 Å². The number of halogens is 6. The van der Waals surface area contributed by atoms with Gasteiger partial charge in [-0.3, -0.25) is 19.0 Å². The third-order valence-corrected chi connectivity index (χ3v) is 11.4. The van der Waals surface area contributed by atoms with E-state index in [1.54, 1.807) is 35.8 Å². The molecule has 2 saturated heterocycles. The summed E-state index contributed by atoms with van der Waals surface area (Å²) in [6.45, 7) is 7.11. The van der Waals surface area contributed by atoms with Crippen molar-refractivity contribution < 1.29 is 32.4 Å². The molecule has 2 aliphatic heterocycles. The van der Waals surface area contributed by atoms with Crippen LogP contribution in [0.1, 0.15) is 17.1 Å². The van der Waals surface area contributed by atoms with Gasteiger partial charge in [0, 0.05) is 64.5 Å². The predicted octanol–water partition coefficient (Wildman–Crippen LogP) is 5.91. The number of carbonyl (C=O) groups excluding carboxylic acids is 2. The van der Waals surface area contributed by atoms with Crippen molar-refractivity contribution in [2.45, 2.75) is 26.9 Å². The molecule has 0 aliphatic carbocycles. The fraction of sp³-hybridized carbons (Fsp3) is 0.378. The van der Waals surface area contributed by atoms with E-state index in [4.69, 9.17) is 65.7 Å². The Bertz CT molecular complexity index is 2370. The van der Waals surface area contributed by atoms with E-state index in [0.29, 0.717) is 97.3 Å². The van der Waals surface area contributed by atoms with Gasteiger partial charge in [-0.1, -0.05) is 51.6 Å². The Morgan fingerprint density at radius 1 is 0.746 bits per heavy atom. The normalized spacial score (nSPS) is 14.2. The second-order valence-electron chi connectivity index (χ2n) is 13.3. The lowest BCUT2D eigenvalue weighted by molar-refractivity contribution is -0.133. The molecule has 7 rings (SSSR count). The molecule has 0 spiro atoms. The van der Waals surface area contributed by atoms with E-state index in [-0.39, 0.29) is 51.5 Å². The molecule has 2 aliphatic rings. The van der Waals surface area contributed by atoms with Crippen molar-refractivity contribution >= 4 is 69.6 Å². The topological polar surface area (TPSA) is 164 Å². The molecule has 2 aromatic carbocycles. The van der Waals surface area contributed by atoms with Crippen LogP contribution in [0.25, 0.3) is 11.5 Å². The van der Waals surface area contributed by atoms with Gasteiger partial charge in [0.25, 0.3) is 0 Å². The van der Waals surface area contributed by atoms with Crippen molar-refractivity contribution in [2.24, 2.45) is 0 Å². The van der Waals surface area contributed by atoms with E-state index in [1.807, 2.05) is 15.9 Å². The number of nitrogens with zero attached hydrogens (tertiary/aromatic N) is 11. The second-order valence-corrected chi connectivity index (χ2v) is 14.9. The molecule has 2 fully saturated rings. The van der Waals surface area contributed by atoms with Crippen LogP contribution in [0.4, 0.5) is 20.2 Å². The Labute approximate surface area is 357 Å². The molecule has 0 radical (unpaired) electrons. The van der Waals surface area contributed by atoms with Crippen LogP contribution in [0.5, 0.6) is 11.5 Å². The van der Waals surface area contributed by atoms with E-state index >= 15 is 0 Å². The highest BCUT2D eigenvalue weighted by molar-refractivity contribution is 6.34. The maximum atomic E-state index is 14.4. The molecule has 16 nitrogen and oxygen atoms in total. The van der Waals surface area contributed by atoms with Crippen LogP contribution in [0.15, 0.2) is 35.2 Å². The van der Waals surface area contributed by atoms with Gasteiger partial charge in [-0.15, -0.1) is 0 Å². The monoisotopic (exact) mass is 893 g/mol. The number of benzene rings is 2. The summed E-state index contributed by atoms with van der Waals surface area (Å²) in [5.41, 5.74) is 2.44. The minimum atomic E-state index is -0.434. The number of amides is 2. The lowest BCUT2D eigenvalue weighted by Gasteiger charge is -2.36. The third-order valence-electron chi connectivity index (χ3n) is 9.90. The maximum Gasteiger partial charge on any atom is 0.244 e. The van der Waals surface area contributed by atoms with Gasteiger partial charge in [0.2, 0.25) is 24.0 Å². The molecule has 0 bridgehead atoms. The number of rotatable bonds is 9. The molecule has 312 valence electrons. The number of piperazine rings is 2. The molecule has 59 heavy (non-hydrogen) atoms. The van der Waals surface area contributed by atoms with Crippen molar-refractivity contribution in [1.29, 1.82) is 5.26 Å². The van der Waals surface area contributed by atoms with Crippen LogP contribution in [0, 0.1) is 36.8 Å². The first kappa shape index (κ1) is 43.2. The summed E-state index contributed by atoms with van der Waals surface area (Å²) in [6, 6.07) is 7.50. The molecule has 2 amide bonds. The zero-order chi connectivity index (χ0) is 42.5. The fourth-order valence-corrected chi connectivity index (χ4v) is 7.38. The van der Waals surface area contributed by atoms with Crippen molar-refractivity contribution in [3.05, 3.63) is 79.5 Å². The number of methoxy groups -OCH3 is 2. The van der Waals surface area contributed by atoms with Crippen LogP contribution < -0.4 is 19.3 Å². The summed E-state index contributed by atoms with van der Waals surface area (Å²) >= 11 is 24.3. The molecular weight excluding hydrogens is 858 g/mol. The van der Waals surface area contributed by atoms with Gasteiger partial charge in [-0.05, 0) is 26.0 Å². The summed E-state index contributed by atoms with van der Waals surface area (Å²) in [5.74, 6) is -0.0571. The summed E-state index contributed by atoms with van der Waals surface area (Å²) in [6.07, 6.45) is 1.18. The van der Waals surface area contributed by atoms with Crippen molar-refractivity contribution in [3.8, 4) is 29.1 Å². The zero-order valence-corrected chi connectivity index (χ0v) is 35.2. The number of nitriles is 1. The fourth-order valence-electron chi connectivity index (χ4n) is 6.53. The Morgan fingerprint density at radius 3 is 1.61 bits per heavy atom. The average Bonchev–Trinajstić information content (AvgIpc) is 3.94. The molecule has 22 heteroatoms. The van der Waals surface area contributed by atoms with Gasteiger partial charge in [0.1, 0.15) is 42.3 Å². The summed E-state index contributed by atoms with van der Waals surface area (Å²) in [7, 11) is 2.95. The quantitative estimate of drug-likeness (QED) is 0.172. The maximum absolute atomic E-state index is 14.4. The molecular formula is C37H37Cl4F2N11O5. The first-order valence-electron chi connectivity index (χ1n) is 18.0. The molecule has 0 unspecified atom stereocenters. The Morgan fingerprint density at radius 2 is 1.20 bits per heavy atom. The first-order valence-corrected chi connectivity index (χ1v) is 19.5. The van der Waals surface area contributed by atoms with Crippen LogP contribution in [0.3, 0.4) is 0 Å². The third kappa shape index (κ3) is 9.43. The number of hydrogen-bond donors (Lipinski definition) is 0. The molecule has 0 saturated carbocycles. The van der Waals surface area contributed by atoms with E-state index < -0.39 is 11.6 Å². The zero-order valence-electron chi connectivity index (χ0n) is 32.2. The summed E-state index contributed by atoms with van der Waals surface area (Å²) < 4.78 is 46.7. The highest BCUT2D eigenvalue weighted by atomic mass is 35.5. The van der Waals surface area contributed by atoms with Gasteiger partial charge >= 0.3 is 0 Å². The van der Waals surface area contributed by atoms with E-state index in [2.05, 4.69) is 20.3 Å². The van der Waals surface area contributed by atoms with Crippen LogP contribution >= 0.6 is 46.4 Å². The van der Waals surface area contributed by atoms with Crippen molar-refractivity contribution in [2.75, 3.05) is 76.4 Å². The number of ether oxygens (including phenoxy) is 2. The van der Waals surface area contributed by atoms with Gasteiger partial charge in [0.15, 0.2) is 11.4 Å². The largest absolute Gasteiger partial charge is 0.495 e. The lowest BCUT2D eigenvalue weighted by Crippen LogP contribution is -2.50. The predicted molar refractivity (Wildman–Crippen MR) is 215 cm³/mol. The van der Waals surface area contributed by atoms with Crippen molar-refractivity contribution in [1.82, 2.24) is 39.5 Å². The Balaban J connectivity index is 0.000000199. The molecule has 3 aromatic heterocycles. The minimum Gasteiger partial charge on any atom is -0.495 e. The minimum absolute atomic E-state index is 0.00361. The number of anilines is 2. The van der Waals surface area contributed by atoms with Gasteiger partial charge in [-0.25, -0.2) is 8.78 Å². The number of carbonyl (C=O) groups is 2. The highest BCUT2D eigenvalue weighted by Crippen LogP contribution is 2.34. The van der Waals surface area contributed by atoms with Gasteiger partial charge in [0.05, 0.1) is 57.1 Å². The number of hydrogen-bond acceptors (Lipinski definition) is 12. The van der Waals surface area contributed by atoms with E-state index in [1.165, 1.54) is 42.1 Å². The summed E-state index contributed by atoms with van der Waals surface area (Å²) in [5, 5.41) is 22.2. The summed E-state index contributed by atoms with van der Waals surface area (Å²) in [4.78, 5) is 36.5. The van der Waals surface area contributed by atoms with E-state index in [9.17, 15) is 18.4 Å². The molecule has 0 atom stereocenters. The van der Waals surface area contributed by atoms with E-state index in [0.717, 1.165) is 0 Å². The SMILES string of the molecule is COc1cc(N2CCN(C(=O)Cn3nc(-c4ncon4)c(Cl)c3C)CC2)c(F)cc1Cl.COc1cc(N2CCN(C(=O)Cn3nc(C#N)c(Cl)c3C)CC2)c(F)cc1Cl. The van der Waals surface area contributed by atoms with Crippen molar-refractivity contribution in [3.63, 3.8) is 0 Å². The van der Waals surface area contributed by atoms with Gasteiger partial charge in [-0.2, -0.15) is 20.4 Å². The molecule has 5 heterocycles. The van der Waals surface area contributed by atoms with Crippen LogP contribution in [-0.2, 0) is 22.7 Å². The highest BCUT2D eigenvalue weighted by Gasteiger charge is 2.28. The Hall–Kier alpha value is -5.35. The average molecular weight is 896 g/mol. The lowest BCUT2D eigenvalue weighted by atomic mass is 10.2. The number of aromatic nitrogens is 6. The standard InChI is InChI=1S/C19H19Cl2FN6O3.C18H18Cl2FN5O2/c1-11-17(21)18(19-23-10-31-25-19)24-28(11)9-16(29)27-5-3-26(4-6-27)14-8-15(30-2)12(20)7-13(14)22;1-11-18(20)14(9-22)23-26(11)10-17(27)25-5-3-24(4-6-25)15-8-16(28-2)12(19)7-13(15)21/h7-8,10H,3-6,9H2,1-2H3;7-8H,3-6,10H2,1-2H3. The second kappa shape index (κ2) is 18.7. The van der Waals surface area contributed by atoms with Gasteiger partial charge < -0.3 is 33.6 Å². The smallest absolute Gasteiger partial charge is 0.244 e.